The Bertz CT molecular complexity index is 229. The van der Waals surface area contributed by atoms with Gasteiger partial charge in [-0.05, 0) is 13.0 Å². The van der Waals surface area contributed by atoms with Gasteiger partial charge in [-0.25, -0.2) is 4.79 Å². The van der Waals surface area contributed by atoms with E-state index in [2.05, 4.69) is 4.99 Å². The lowest BCUT2D eigenvalue weighted by Gasteiger charge is -1.94. The fourth-order valence-corrected chi connectivity index (χ4v) is 0.885. The molecule has 0 aliphatic carbocycles. The number of nitrogens with zero attached hydrogens (tertiary/aromatic N) is 1. The van der Waals surface area contributed by atoms with E-state index < -0.39 is 0 Å². The normalized spacial score (nSPS) is 24.9. The predicted octanol–water partition coefficient (Wildman–Crippen LogP) is 0.235. The molecule has 12 heavy (non-hydrogen) atoms. The summed E-state index contributed by atoms with van der Waals surface area (Å²) in [5, 5.41) is 0. The van der Waals surface area contributed by atoms with Gasteiger partial charge in [0.05, 0.1) is 6.61 Å². The fourth-order valence-electron chi connectivity index (χ4n) is 0.885. The third-order valence-corrected chi connectivity index (χ3v) is 1.51. The molecule has 0 spiro atoms. The number of allylic oxidation sites excluding steroid dienone is 2. The molecule has 1 saturated heterocycles. The van der Waals surface area contributed by atoms with E-state index in [4.69, 9.17) is 10.5 Å². The third-order valence-electron chi connectivity index (χ3n) is 1.51. The first-order valence-corrected chi connectivity index (χ1v) is 3.82. The van der Waals surface area contributed by atoms with E-state index in [9.17, 15) is 4.79 Å². The van der Waals surface area contributed by atoms with E-state index in [-0.39, 0.29) is 12.0 Å². The van der Waals surface area contributed by atoms with Crippen molar-refractivity contribution >= 4 is 12.2 Å². The van der Waals surface area contributed by atoms with Crippen molar-refractivity contribution < 1.29 is 9.53 Å². The van der Waals surface area contributed by atoms with Crippen LogP contribution in [0.4, 0.5) is 0 Å². The molecule has 66 valence electrons. The maximum absolute atomic E-state index is 10.9. The van der Waals surface area contributed by atoms with Gasteiger partial charge in [0.2, 0.25) is 0 Å². The highest BCUT2D eigenvalue weighted by Gasteiger charge is 2.24. The number of cyclic esters (lactones) is 1. The molecule has 1 heterocycles. The molecule has 0 saturated carbocycles. The molecule has 0 aromatic heterocycles. The van der Waals surface area contributed by atoms with Gasteiger partial charge in [0.15, 0.2) is 6.04 Å². The van der Waals surface area contributed by atoms with Crippen LogP contribution in [0, 0.1) is 0 Å². The maximum atomic E-state index is 10.9. The van der Waals surface area contributed by atoms with Crippen LogP contribution < -0.4 is 5.73 Å². The van der Waals surface area contributed by atoms with Gasteiger partial charge in [0.1, 0.15) is 0 Å². The lowest BCUT2D eigenvalue weighted by molar-refractivity contribution is -0.138. The molecule has 1 rings (SSSR count). The average Bonchev–Trinajstić information content (AvgIpc) is 2.36. The second-order valence-corrected chi connectivity index (χ2v) is 2.68. The first kappa shape index (κ1) is 8.77. The van der Waals surface area contributed by atoms with E-state index in [1.54, 1.807) is 19.2 Å². The number of nitrogens with two attached hydrogens (primary N) is 1. The van der Waals surface area contributed by atoms with Crippen LogP contribution in [0.2, 0.25) is 0 Å². The Kier molecular flexibility index (Phi) is 2.85. The van der Waals surface area contributed by atoms with Crippen molar-refractivity contribution in [3.8, 4) is 0 Å². The van der Waals surface area contributed by atoms with E-state index in [1.807, 2.05) is 0 Å². The Morgan fingerprint density at radius 3 is 3.08 bits per heavy atom. The molecule has 0 radical (unpaired) electrons. The summed E-state index contributed by atoms with van der Waals surface area (Å²) >= 11 is 0. The number of hydrogen-bond donors (Lipinski definition) is 1. The number of aliphatic imine (C=N–C) groups is 1. The molecule has 1 aliphatic rings. The number of carbonyl (C=O) groups is 1. The largest absolute Gasteiger partial charge is 0.464 e. The zero-order valence-corrected chi connectivity index (χ0v) is 6.99. The molecule has 1 atom stereocenters. The summed E-state index contributed by atoms with van der Waals surface area (Å²) in [6, 6.07) is -0.319. The molecule has 0 bridgehead atoms. The van der Waals surface area contributed by atoms with Crippen molar-refractivity contribution in [2.45, 2.75) is 19.4 Å². The summed E-state index contributed by atoms with van der Waals surface area (Å²) in [7, 11) is 0. The Balaban J connectivity index is 2.45. The summed E-state index contributed by atoms with van der Waals surface area (Å²) in [5.41, 5.74) is 6.04. The van der Waals surface area contributed by atoms with Gasteiger partial charge in [-0.1, -0.05) is 0 Å². The predicted molar refractivity (Wildman–Crippen MR) is 45.8 cm³/mol. The van der Waals surface area contributed by atoms with Gasteiger partial charge in [-0.15, -0.1) is 0 Å². The molecule has 0 amide bonds. The van der Waals surface area contributed by atoms with Crippen molar-refractivity contribution in [2.75, 3.05) is 6.61 Å². The van der Waals surface area contributed by atoms with Gasteiger partial charge < -0.3 is 10.5 Å². The summed E-state index contributed by atoms with van der Waals surface area (Å²) in [5.74, 6) is -0.241. The number of rotatable bonds is 2. The molecule has 0 aromatic rings. The highest BCUT2D eigenvalue weighted by molar-refractivity contribution is 5.81. The molecular formula is C8H12N2O2. The highest BCUT2D eigenvalue weighted by atomic mass is 16.5. The molecule has 4 nitrogen and oxygen atoms in total. The zero-order valence-electron chi connectivity index (χ0n) is 6.99. The summed E-state index contributed by atoms with van der Waals surface area (Å²) < 4.78 is 4.72. The van der Waals surface area contributed by atoms with Crippen molar-refractivity contribution in [3.05, 3.63) is 11.8 Å². The topological polar surface area (TPSA) is 64.7 Å². The quantitative estimate of drug-likeness (QED) is 0.474. The van der Waals surface area contributed by atoms with Gasteiger partial charge in [-0.3, -0.25) is 4.99 Å². The SMILES string of the molecule is CC(N)=CC=NC1CCOC1=O. The minimum absolute atomic E-state index is 0.241. The molecule has 2 N–H and O–H groups in total. The van der Waals surface area contributed by atoms with Crippen LogP contribution in [0.15, 0.2) is 16.8 Å². The van der Waals surface area contributed by atoms with Crippen LogP contribution in [0.25, 0.3) is 0 Å². The van der Waals surface area contributed by atoms with E-state index in [0.717, 1.165) is 0 Å². The Morgan fingerprint density at radius 2 is 2.58 bits per heavy atom. The molecular weight excluding hydrogens is 156 g/mol. The number of ether oxygens (including phenoxy) is 1. The van der Waals surface area contributed by atoms with Gasteiger partial charge in [-0.2, -0.15) is 0 Å². The first-order chi connectivity index (χ1) is 5.70. The molecule has 4 heteroatoms. The Morgan fingerprint density at radius 1 is 1.83 bits per heavy atom. The van der Waals surface area contributed by atoms with Gasteiger partial charge >= 0.3 is 5.97 Å². The van der Waals surface area contributed by atoms with Crippen molar-refractivity contribution in [1.29, 1.82) is 0 Å². The second-order valence-electron chi connectivity index (χ2n) is 2.68. The minimum Gasteiger partial charge on any atom is -0.464 e. The van der Waals surface area contributed by atoms with Crippen molar-refractivity contribution in [2.24, 2.45) is 10.7 Å². The van der Waals surface area contributed by atoms with Crippen LogP contribution in [-0.2, 0) is 9.53 Å². The average molecular weight is 168 g/mol. The van der Waals surface area contributed by atoms with Crippen LogP contribution in [-0.4, -0.2) is 24.8 Å². The number of hydrogen-bond acceptors (Lipinski definition) is 4. The first-order valence-electron chi connectivity index (χ1n) is 3.82. The minimum atomic E-state index is -0.319. The molecule has 1 aliphatic heterocycles. The second kappa shape index (κ2) is 3.90. The Labute approximate surface area is 71.1 Å². The summed E-state index contributed by atoms with van der Waals surface area (Å²) in [4.78, 5) is 14.9. The maximum Gasteiger partial charge on any atom is 0.330 e. The van der Waals surface area contributed by atoms with E-state index in [1.165, 1.54) is 0 Å². The summed E-state index contributed by atoms with van der Waals surface area (Å²) in [6.07, 6.45) is 3.88. The van der Waals surface area contributed by atoms with Crippen LogP contribution in [0.3, 0.4) is 0 Å². The van der Waals surface area contributed by atoms with Gasteiger partial charge in [0, 0.05) is 18.3 Å². The number of carbonyl (C=O) groups excluding carboxylic acids is 1. The van der Waals surface area contributed by atoms with Crippen LogP contribution in [0.5, 0.6) is 0 Å². The zero-order chi connectivity index (χ0) is 8.97. The van der Waals surface area contributed by atoms with Gasteiger partial charge in [0.25, 0.3) is 0 Å². The van der Waals surface area contributed by atoms with Crippen LogP contribution in [0.1, 0.15) is 13.3 Å². The number of esters is 1. The van der Waals surface area contributed by atoms with Crippen molar-refractivity contribution in [3.63, 3.8) is 0 Å². The monoisotopic (exact) mass is 168 g/mol. The third kappa shape index (κ3) is 2.38. The fraction of sp³-hybridized carbons (Fsp3) is 0.500. The highest BCUT2D eigenvalue weighted by Crippen LogP contribution is 2.08. The van der Waals surface area contributed by atoms with Crippen molar-refractivity contribution in [1.82, 2.24) is 0 Å². The Hall–Kier alpha value is -1.32. The lowest BCUT2D eigenvalue weighted by atomic mass is 10.3. The molecule has 0 aromatic carbocycles. The van der Waals surface area contributed by atoms with E-state index >= 15 is 0 Å². The molecule has 1 fully saturated rings. The summed E-state index contributed by atoms with van der Waals surface area (Å²) in [6.45, 7) is 2.24. The standard InChI is InChI=1S/C8H12N2O2/c1-6(9)2-4-10-7-3-5-12-8(7)11/h2,4,7H,3,5,9H2,1H3. The lowest BCUT2D eigenvalue weighted by Crippen LogP contribution is -2.10. The smallest absolute Gasteiger partial charge is 0.330 e. The van der Waals surface area contributed by atoms with Crippen LogP contribution >= 0.6 is 0 Å². The molecule has 1 unspecified atom stereocenters. The van der Waals surface area contributed by atoms with E-state index in [0.29, 0.717) is 18.7 Å².